The normalized spacial score (nSPS) is 11.8. The molecule has 4 aromatic rings. The van der Waals surface area contributed by atoms with Crippen LogP contribution in [0.1, 0.15) is 28.9 Å². The van der Waals surface area contributed by atoms with Gasteiger partial charge in [0.05, 0.1) is 11.7 Å². The summed E-state index contributed by atoms with van der Waals surface area (Å²) in [4.78, 5) is 12.7. The number of hydrogen-bond acceptors (Lipinski definition) is 4. The first-order valence-corrected chi connectivity index (χ1v) is 9.00. The van der Waals surface area contributed by atoms with Crippen LogP contribution in [0.5, 0.6) is 0 Å². The van der Waals surface area contributed by atoms with Crippen LogP contribution in [-0.2, 0) is 0 Å². The van der Waals surface area contributed by atoms with Gasteiger partial charge in [0.2, 0.25) is 0 Å². The maximum Gasteiger partial charge on any atom is 0.251 e. The summed E-state index contributed by atoms with van der Waals surface area (Å²) in [6, 6.07) is 25.5. The first-order valence-electron chi connectivity index (χ1n) is 9.00. The van der Waals surface area contributed by atoms with E-state index < -0.39 is 0 Å². The molecule has 1 heterocycles. The van der Waals surface area contributed by atoms with Gasteiger partial charge in [0.1, 0.15) is 6.33 Å². The summed E-state index contributed by atoms with van der Waals surface area (Å²) >= 11 is 0. The molecule has 6 heteroatoms. The number of benzene rings is 3. The van der Waals surface area contributed by atoms with Crippen LogP contribution in [0.3, 0.4) is 0 Å². The first kappa shape index (κ1) is 17.6. The van der Waals surface area contributed by atoms with Gasteiger partial charge in [0.25, 0.3) is 5.91 Å². The fraction of sp³-hybridized carbons (Fsp3) is 0.0909. The van der Waals surface area contributed by atoms with E-state index in [0.29, 0.717) is 5.56 Å². The molecule has 0 aliphatic heterocycles. The van der Waals surface area contributed by atoms with Crippen LogP contribution in [0.4, 0.5) is 0 Å². The predicted molar refractivity (Wildman–Crippen MR) is 107 cm³/mol. The van der Waals surface area contributed by atoms with Crippen LogP contribution < -0.4 is 5.32 Å². The summed E-state index contributed by atoms with van der Waals surface area (Å²) in [6.45, 7) is 1.97. The standard InChI is InChI=1S/C22H19N5O/c1-16(17-10-12-19(13-11-17)18-6-3-2-4-7-18)24-22(28)20-8-5-9-21(14-20)27-15-23-25-26-27/h2-16H,1H3,(H,24,28). The average molecular weight is 369 g/mol. The van der Waals surface area contributed by atoms with E-state index in [1.54, 1.807) is 12.1 Å². The third kappa shape index (κ3) is 3.81. The number of carbonyl (C=O) groups is 1. The lowest BCUT2D eigenvalue weighted by Crippen LogP contribution is -2.26. The van der Waals surface area contributed by atoms with Gasteiger partial charge >= 0.3 is 0 Å². The van der Waals surface area contributed by atoms with Crippen LogP contribution in [0.15, 0.2) is 85.2 Å². The lowest BCUT2D eigenvalue weighted by Gasteiger charge is -2.15. The molecule has 0 aliphatic carbocycles. The molecular weight excluding hydrogens is 350 g/mol. The molecule has 0 saturated carbocycles. The average Bonchev–Trinajstić information content (AvgIpc) is 3.29. The van der Waals surface area contributed by atoms with Gasteiger partial charge in [-0.3, -0.25) is 4.79 Å². The first-order chi connectivity index (χ1) is 13.7. The van der Waals surface area contributed by atoms with Crippen LogP contribution in [-0.4, -0.2) is 26.1 Å². The summed E-state index contributed by atoms with van der Waals surface area (Å²) in [5.74, 6) is -0.144. The van der Waals surface area contributed by atoms with Crippen molar-refractivity contribution in [2.24, 2.45) is 0 Å². The Morgan fingerprint density at radius 2 is 1.68 bits per heavy atom. The minimum absolute atomic E-state index is 0.117. The van der Waals surface area contributed by atoms with Gasteiger partial charge in [-0.05, 0) is 52.2 Å². The number of amides is 1. The number of nitrogens with one attached hydrogen (secondary N) is 1. The van der Waals surface area contributed by atoms with Crippen molar-refractivity contribution < 1.29 is 4.79 Å². The zero-order valence-electron chi connectivity index (χ0n) is 15.4. The van der Waals surface area contributed by atoms with Crippen molar-refractivity contribution in [1.82, 2.24) is 25.5 Å². The molecule has 1 unspecified atom stereocenters. The van der Waals surface area contributed by atoms with Crippen molar-refractivity contribution in [2.75, 3.05) is 0 Å². The topological polar surface area (TPSA) is 72.7 Å². The van der Waals surface area contributed by atoms with Crippen LogP contribution in [0, 0.1) is 0 Å². The largest absolute Gasteiger partial charge is 0.346 e. The third-order valence-corrected chi connectivity index (χ3v) is 4.59. The number of tetrazole rings is 1. The van der Waals surface area contributed by atoms with E-state index in [-0.39, 0.29) is 11.9 Å². The van der Waals surface area contributed by atoms with Gasteiger partial charge in [-0.2, -0.15) is 0 Å². The van der Waals surface area contributed by atoms with E-state index in [9.17, 15) is 4.79 Å². The lowest BCUT2D eigenvalue weighted by molar-refractivity contribution is 0.0940. The predicted octanol–water partition coefficient (Wildman–Crippen LogP) is 3.82. The van der Waals surface area contributed by atoms with Crippen molar-refractivity contribution in [1.29, 1.82) is 0 Å². The Hall–Kier alpha value is -3.80. The Bertz CT molecular complexity index is 1060. The second kappa shape index (κ2) is 7.84. The Morgan fingerprint density at radius 3 is 2.39 bits per heavy atom. The molecule has 0 radical (unpaired) electrons. The molecule has 1 amide bonds. The van der Waals surface area contributed by atoms with Crippen LogP contribution in [0.2, 0.25) is 0 Å². The second-order valence-electron chi connectivity index (χ2n) is 6.49. The van der Waals surface area contributed by atoms with Crippen molar-refractivity contribution in [3.8, 4) is 16.8 Å². The molecule has 0 aliphatic rings. The molecule has 1 aromatic heterocycles. The van der Waals surface area contributed by atoms with Gasteiger partial charge in [0, 0.05) is 5.56 Å². The molecule has 138 valence electrons. The molecule has 6 nitrogen and oxygen atoms in total. The highest BCUT2D eigenvalue weighted by molar-refractivity contribution is 5.95. The minimum Gasteiger partial charge on any atom is -0.346 e. The summed E-state index contributed by atoms with van der Waals surface area (Å²) in [7, 11) is 0. The molecule has 1 N–H and O–H groups in total. The molecule has 28 heavy (non-hydrogen) atoms. The smallest absolute Gasteiger partial charge is 0.251 e. The molecule has 1 atom stereocenters. The fourth-order valence-electron chi connectivity index (χ4n) is 3.03. The van der Waals surface area contributed by atoms with Gasteiger partial charge < -0.3 is 5.32 Å². The van der Waals surface area contributed by atoms with Crippen molar-refractivity contribution in [3.63, 3.8) is 0 Å². The zero-order chi connectivity index (χ0) is 19.3. The van der Waals surface area contributed by atoms with Gasteiger partial charge in [0.15, 0.2) is 0 Å². The molecule has 0 saturated heterocycles. The maximum atomic E-state index is 12.7. The van der Waals surface area contributed by atoms with E-state index >= 15 is 0 Å². The number of carbonyl (C=O) groups excluding carboxylic acids is 1. The Labute approximate surface area is 162 Å². The molecule has 0 spiro atoms. The molecule has 0 bridgehead atoms. The lowest BCUT2D eigenvalue weighted by atomic mass is 10.0. The quantitative estimate of drug-likeness (QED) is 0.580. The van der Waals surface area contributed by atoms with Crippen molar-refractivity contribution in [3.05, 3.63) is 96.3 Å². The summed E-state index contributed by atoms with van der Waals surface area (Å²) in [5, 5.41) is 14.1. The van der Waals surface area contributed by atoms with Crippen molar-refractivity contribution in [2.45, 2.75) is 13.0 Å². The summed E-state index contributed by atoms with van der Waals surface area (Å²) in [5.41, 5.74) is 4.66. The number of nitrogens with zero attached hydrogens (tertiary/aromatic N) is 4. The highest BCUT2D eigenvalue weighted by Gasteiger charge is 2.13. The maximum absolute atomic E-state index is 12.7. The monoisotopic (exact) mass is 369 g/mol. The Kier molecular flexibility index (Phi) is 4.93. The zero-order valence-corrected chi connectivity index (χ0v) is 15.4. The van der Waals surface area contributed by atoms with Gasteiger partial charge in [-0.25, -0.2) is 4.68 Å². The number of rotatable bonds is 5. The van der Waals surface area contributed by atoms with Crippen LogP contribution in [0.25, 0.3) is 16.8 Å². The van der Waals surface area contributed by atoms with Gasteiger partial charge in [-0.1, -0.05) is 60.7 Å². The minimum atomic E-state index is -0.144. The van der Waals surface area contributed by atoms with E-state index in [0.717, 1.165) is 16.8 Å². The highest BCUT2D eigenvalue weighted by Crippen LogP contribution is 2.22. The SMILES string of the molecule is CC(NC(=O)c1cccc(-n2cnnn2)c1)c1ccc(-c2ccccc2)cc1. The molecule has 0 fully saturated rings. The van der Waals surface area contributed by atoms with Crippen LogP contribution >= 0.6 is 0 Å². The number of hydrogen-bond donors (Lipinski definition) is 1. The highest BCUT2D eigenvalue weighted by atomic mass is 16.1. The molecule has 4 rings (SSSR count). The van der Waals surface area contributed by atoms with Gasteiger partial charge in [-0.15, -0.1) is 5.10 Å². The second-order valence-corrected chi connectivity index (χ2v) is 6.49. The van der Waals surface area contributed by atoms with E-state index in [4.69, 9.17) is 0 Å². The fourth-order valence-corrected chi connectivity index (χ4v) is 3.03. The van der Waals surface area contributed by atoms with E-state index in [1.165, 1.54) is 16.6 Å². The molecule has 3 aromatic carbocycles. The van der Waals surface area contributed by atoms with Crippen molar-refractivity contribution >= 4 is 5.91 Å². The Morgan fingerprint density at radius 1 is 0.929 bits per heavy atom. The summed E-state index contributed by atoms with van der Waals surface area (Å²) < 4.78 is 1.52. The molecular formula is C22H19N5O. The third-order valence-electron chi connectivity index (χ3n) is 4.59. The van der Waals surface area contributed by atoms with E-state index in [2.05, 4.69) is 45.1 Å². The van der Waals surface area contributed by atoms with E-state index in [1.807, 2.05) is 49.4 Å². The Balaban J connectivity index is 1.47. The number of aromatic nitrogens is 4. The summed E-state index contributed by atoms with van der Waals surface area (Å²) in [6.07, 6.45) is 1.49.